The van der Waals surface area contributed by atoms with Crippen LogP contribution in [0.1, 0.15) is 130 Å². The minimum absolute atomic E-state index is 0.299. The first-order valence-corrected chi connectivity index (χ1v) is 13.5. The van der Waals surface area contributed by atoms with E-state index in [2.05, 4.69) is 13.8 Å². The summed E-state index contributed by atoms with van der Waals surface area (Å²) in [7, 11) is 0. The fourth-order valence-electron chi connectivity index (χ4n) is 3.84. The molecule has 0 rings (SSSR count). The van der Waals surface area contributed by atoms with Crippen LogP contribution in [0.15, 0.2) is 0 Å². The van der Waals surface area contributed by atoms with Gasteiger partial charge in [-0.05, 0) is 12.8 Å². The van der Waals surface area contributed by atoms with Crippen LogP contribution in [0.25, 0.3) is 0 Å². The monoisotopic (exact) mass is 470 g/mol. The number of esters is 2. The number of carbonyl (C=O) groups excluding carboxylic acids is 2. The van der Waals surface area contributed by atoms with Crippen molar-refractivity contribution in [3.05, 3.63) is 0 Å². The molecule has 2 unspecified atom stereocenters. The van der Waals surface area contributed by atoms with Crippen molar-refractivity contribution >= 4 is 17.9 Å². The highest BCUT2D eigenvalue weighted by Crippen LogP contribution is 2.19. The summed E-state index contributed by atoms with van der Waals surface area (Å²) in [4.78, 5) is 36.0. The van der Waals surface area contributed by atoms with Gasteiger partial charge in [0, 0.05) is 0 Å². The van der Waals surface area contributed by atoms with E-state index in [0.717, 1.165) is 38.5 Å². The topological polar surface area (TPSA) is 89.9 Å². The summed E-state index contributed by atoms with van der Waals surface area (Å²) in [5.41, 5.74) is 0. The number of hydrogen-bond acceptors (Lipinski definition) is 5. The second-order valence-electron chi connectivity index (χ2n) is 9.28. The van der Waals surface area contributed by atoms with E-state index in [-0.39, 0.29) is 6.42 Å². The second kappa shape index (κ2) is 22.2. The molecule has 1 N–H and O–H groups in total. The maximum absolute atomic E-state index is 12.3. The molecule has 0 saturated heterocycles. The molecular weight excluding hydrogens is 420 g/mol. The van der Waals surface area contributed by atoms with Crippen LogP contribution in [-0.4, -0.2) is 36.2 Å². The standard InChI is InChI=1S/C27H50O6/c1-4-6-8-10-12-14-16-18-20-32-25(28)22-24(26(29)30)23(3)27(31)33-21-19-17-15-13-11-9-7-5-2/h23-24H,4-22H2,1-3H3,(H,29,30). The van der Waals surface area contributed by atoms with Gasteiger partial charge in [-0.25, -0.2) is 0 Å². The van der Waals surface area contributed by atoms with Gasteiger partial charge in [-0.3, -0.25) is 14.4 Å². The lowest BCUT2D eigenvalue weighted by atomic mass is 9.91. The van der Waals surface area contributed by atoms with Crippen LogP contribution >= 0.6 is 0 Å². The third-order valence-corrected chi connectivity index (χ3v) is 6.18. The normalized spacial score (nSPS) is 12.8. The number of rotatable bonds is 23. The zero-order chi connectivity index (χ0) is 24.7. The largest absolute Gasteiger partial charge is 0.481 e. The molecule has 0 aliphatic carbocycles. The van der Waals surface area contributed by atoms with Crippen molar-refractivity contribution in [3.63, 3.8) is 0 Å². The van der Waals surface area contributed by atoms with E-state index >= 15 is 0 Å². The Morgan fingerprint density at radius 1 is 0.636 bits per heavy atom. The maximum Gasteiger partial charge on any atom is 0.309 e. The average molecular weight is 471 g/mol. The number of ether oxygens (including phenoxy) is 2. The molecule has 0 aliphatic rings. The Bertz CT molecular complexity index is 505. The molecule has 0 aromatic heterocycles. The van der Waals surface area contributed by atoms with Crippen molar-refractivity contribution in [1.29, 1.82) is 0 Å². The van der Waals surface area contributed by atoms with Gasteiger partial charge in [-0.15, -0.1) is 0 Å². The van der Waals surface area contributed by atoms with Crippen molar-refractivity contribution in [2.45, 2.75) is 130 Å². The lowest BCUT2D eigenvalue weighted by Crippen LogP contribution is -2.31. The van der Waals surface area contributed by atoms with Crippen LogP contribution in [0.2, 0.25) is 0 Å². The Morgan fingerprint density at radius 3 is 1.45 bits per heavy atom. The van der Waals surface area contributed by atoms with Crippen molar-refractivity contribution in [2.75, 3.05) is 13.2 Å². The van der Waals surface area contributed by atoms with Gasteiger partial charge in [-0.2, -0.15) is 0 Å². The minimum atomic E-state index is -1.17. The van der Waals surface area contributed by atoms with Gasteiger partial charge in [0.25, 0.3) is 0 Å². The third-order valence-electron chi connectivity index (χ3n) is 6.18. The van der Waals surface area contributed by atoms with E-state index in [0.29, 0.717) is 13.2 Å². The summed E-state index contributed by atoms with van der Waals surface area (Å²) >= 11 is 0. The highest BCUT2D eigenvalue weighted by molar-refractivity contribution is 5.84. The quantitative estimate of drug-likeness (QED) is 0.127. The van der Waals surface area contributed by atoms with Gasteiger partial charge in [-0.1, -0.05) is 111 Å². The van der Waals surface area contributed by atoms with Crippen LogP contribution in [0, 0.1) is 11.8 Å². The summed E-state index contributed by atoms with van der Waals surface area (Å²) in [6.07, 6.45) is 18.0. The lowest BCUT2D eigenvalue weighted by Gasteiger charge is -2.18. The van der Waals surface area contributed by atoms with E-state index in [4.69, 9.17) is 9.47 Å². The Hall–Kier alpha value is -1.59. The number of aliphatic carboxylic acids is 1. The number of unbranched alkanes of at least 4 members (excludes halogenated alkanes) is 14. The molecular formula is C27H50O6. The van der Waals surface area contributed by atoms with Gasteiger partial charge >= 0.3 is 17.9 Å². The first kappa shape index (κ1) is 31.4. The van der Waals surface area contributed by atoms with Crippen molar-refractivity contribution in [2.24, 2.45) is 11.8 Å². The van der Waals surface area contributed by atoms with Gasteiger partial charge in [0.1, 0.15) is 0 Å². The highest BCUT2D eigenvalue weighted by Gasteiger charge is 2.33. The molecule has 2 atom stereocenters. The third kappa shape index (κ3) is 18.5. The average Bonchev–Trinajstić information content (AvgIpc) is 2.79. The molecule has 0 spiro atoms. The lowest BCUT2D eigenvalue weighted by molar-refractivity contribution is -0.160. The second-order valence-corrected chi connectivity index (χ2v) is 9.28. The fraction of sp³-hybridized carbons (Fsp3) is 0.889. The van der Waals surface area contributed by atoms with Crippen molar-refractivity contribution < 1.29 is 29.0 Å². The van der Waals surface area contributed by atoms with Gasteiger partial charge in [0.2, 0.25) is 0 Å². The Morgan fingerprint density at radius 2 is 1.03 bits per heavy atom. The predicted octanol–water partition coefficient (Wildman–Crippen LogP) is 7.08. The number of carbonyl (C=O) groups is 3. The SMILES string of the molecule is CCCCCCCCCCOC(=O)CC(C(=O)O)C(C)C(=O)OCCCCCCCCCC. The molecule has 6 nitrogen and oxygen atoms in total. The molecule has 6 heteroatoms. The van der Waals surface area contributed by atoms with E-state index < -0.39 is 29.7 Å². The van der Waals surface area contributed by atoms with E-state index in [1.165, 1.54) is 71.1 Å². The summed E-state index contributed by atoms with van der Waals surface area (Å²) in [5, 5.41) is 9.49. The van der Waals surface area contributed by atoms with Gasteiger partial charge in [0.05, 0.1) is 31.5 Å². The molecule has 0 radical (unpaired) electrons. The Kier molecular flexibility index (Phi) is 21.1. The summed E-state index contributed by atoms with van der Waals surface area (Å²) in [6, 6.07) is 0. The first-order valence-electron chi connectivity index (χ1n) is 13.5. The van der Waals surface area contributed by atoms with E-state index in [1.807, 2.05) is 0 Å². The molecule has 0 heterocycles. The minimum Gasteiger partial charge on any atom is -0.481 e. The number of hydrogen-bond donors (Lipinski definition) is 1. The Labute approximate surface area is 202 Å². The molecule has 33 heavy (non-hydrogen) atoms. The van der Waals surface area contributed by atoms with Crippen LogP contribution in [-0.2, 0) is 23.9 Å². The zero-order valence-electron chi connectivity index (χ0n) is 21.6. The summed E-state index contributed by atoms with van der Waals surface area (Å²) in [5.74, 6) is -4.29. The van der Waals surface area contributed by atoms with Crippen LogP contribution in [0.5, 0.6) is 0 Å². The maximum atomic E-state index is 12.3. The highest BCUT2D eigenvalue weighted by atomic mass is 16.5. The molecule has 0 aromatic rings. The molecule has 0 aromatic carbocycles. The Balaban J connectivity index is 4.00. The zero-order valence-corrected chi connectivity index (χ0v) is 21.6. The number of carboxylic acid groups (broad SMARTS) is 1. The van der Waals surface area contributed by atoms with E-state index in [1.54, 1.807) is 0 Å². The van der Waals surface area contributed by atoms with Crippen LogP contribution < -0.4 is 0 Å². The van der Waals surface area contributed by atoms with Crippen molar-refractivity contribution in [3.8, 4) is 0 Å². The molecule has 0 fully saturated rings. The fourth-order valence-corrected chi connectivity index (χ4v) is 3.84. The van der Waals surface area contributed by atoms with Crippen molar-refractivity contribution in [1.82, 2.24) is 0 Å². The summed E-state index contributed by atoms with van der Waals surface area (Å²) in [6.45, 7) is 6.52. The number of carboxylic acids is 1. The molecule has 0 saturated carbocycles. The summed E-state index contributed by atoms with van der Waals surface area (Å²) < 4.78 is 10.5. The van der Waals surface area contributed by atoms with Gasteiger partial charge in [0.15, 0.2) is 0 Å². The smallest absolute Gasteiger partial charge is 0.309 e. The molecule has 0 bridgehead atoms. The predicted molar refractivity (Wildman–Crippen MR) is 132 cm³/mol. The van der Waals surface area contributed by atoms with Crippen LogP contribution in [0.3, 0.4) is 0 Å². The molecule has 0 aliphatic heterocycles. The van der Waals surface area contributed by atoms with E-state index in [9.17, 15) is 19.5 Å². The first-order chi connectivity index (χ1) is 15.9. The molecule has 0 amide bonds. The van der Waals surface area contributed by atoms with Crippen LogP contribution in [0.4, 0.5) is 0 Å². The molecule has 194 valence electrons. The van der Waals surface area contributed by atoms with Gasteiger partial charge < -0.3 is 14.6 Å².